The van der Waals surface area contributed by atoms with Gasteiger partial charge in [0, 0.05) is 0 Å². The normalized spacial score (nSPS) is 10.2. The van der Waals surface area contributed by atoms with Gasteiger partial charge in [0.15, 0.2) is 11.5 Å². The van der Waals surface area contributed by atoms with Crippen LogP contribution in [0, 0.1) is 0 Å². The first-order valence-corrected chi connectivity index (χ1v) is 6.43. The summed E-state index contributed by atoms with van der Waals surface area (Å²) in [5.74, 6) is 1.55. The Morgan fingerprint density at radius 2 is 1.53 bits per heavy atom. The third-order valence-electron chi connectivity index (χ3n) is 2.48. The maximum atomic E-state index is 5.75. The average Bonchev–Trinajstić information content (AvgIpc) is 2.32. The van der Waals surface area contributed by atoms with Gasteiger partial charge >= 0.3 is 0 Å². The molecule has 2 radical (unpaired) electrons. The van der Waals surface area contributed by atoms with Crippen molar-refractivity contribution < 1.29 is 9.47 Å². The number of ether oxygens (including phenoxy) is 2. The first kappa shape index (κ1) is 13.9. The van der Waals surface area contributed by atoms with Crippen LogP contribution in [0.3, 0.4) is 0 Å². The van der Waals surface area contributed by atoms with Gasteiger partial charge in [0.1, 0.15) is 7.85 Å². The Labute approximate surface area is 106 Å². The quantitative estimate of drug-likeness (QED) is 0.506. The third kappa shape index (κ3) is 5.16. The molecule has 3 heteroatoms. The van der Waals surface area contributed by atoms with Crippen molar-refractivity contribution in [2.75, 3.05) is 13.2 Å². The lowest BCUT2D eigenvalue weighted by Crippen LogP contribution is -2.07. The second-order valence-corrected chi connectivity index (χ2v) is 4.11. The van der Waals surface area contributed by atoms with Crippen LogP contribution in [-0.2, 0) is 0 Å². The third-order valence-corrected chi connectivity index (χ3v) is 2.48. The van der Waals surface area contributed by atoms with Crippen LogP contribution in [0.5, 0.6) is 11.5 Å². The lowest BCUT2D eigenvalue weighted by atomic mass is 9.96. The molecule has 0 saturated heterocycles. The zero-order valence-corrected chi connectivity index (χ0v) is 10.9. The minimum absolute atomic E-state index is 0.708. The highest BCUT2D eigenvalue weighted by Crippen LogP contribution is 2.25. The lowest BCUT2D eigenvalue weighted by Gasteiger charge is -2.13. The minimum Gasteiger partial charge on any atom is -0.490 e. The molecule has 0 fully saturated rings. The molecule has 1 rings (SSSR count). The van der Waals surface area contributed by atoms with Crippen molar-refractivity contribution in [3.63, 3.8) is 0 Å². The van der Waals surface area contributed by atoms with E-state index in [0.717, 1.165) is 43.8 Å². The topological polar surface area (TPSA) is 18.5 Å². The van der Waals surface area contributed by atoms with Gasteiger partial charge in [0.2, 0.25) is 0 Å². The predicted octanol–water partition coefficient (Wildman–Crippen LogP) is 2.84. The SMILES string of the molecule is [B]c1ccc(OCCCC)c(OCCCC)c1. The van der Waals surface area contributed by atoms with Crippen LogP contribution in [0.4, 0.5) is 0 Å². The minimum atomic E-state index is 0.708. The Bertz CT molecular complexity index is 326. The molecule has 17 heavy (non-hydrogen) atoms. The molecule has 0 atom stereocenters. The van der Waals surface area contributed by atoms with Gasteiger partial charge in [0.25, 0.3) is 0 Å². The average molecular weight is 232 g/mol. The Morgan fingerprint density at radius 3 is 2.12 bits per heavy atom. The molecule has 1 aromatic carbocycles. The summed E-state index contributed by atoms with van der Waals surface area (Å²) in [5, 5.41) is 0. The van der Waals surface area contributed by atoms with Crippen LogP contribution >= 0.6 is 0 Å². The fourth-order valence-electron chi connectivity index (χ4n) is 1.41. The standard InChI is InChI=1S/C14H21BO2/c1-3-5-9-16-13-8-7-12(15)11-14(13)17-10-6-4-2/h7-8,11H,3-6,9-10H2,1-2H3. The van der Waals surface area contributed by atoms with Gasteiger partial charge in [-0.25, -0.2) is 0 Å². The first-order valence-electron chi connectivity index (χ1n) is 6.43. The van der Waals surface area contributed by atoms with Gasteiger partial charge in [-0.3, -0.25) is 0 Å². The van der Waals surface area contributed by atoms with Crippen molar-refractivity contribution in [3.05, 3.63) is 18.2 Å². The highest BCUT2D eigenvalue weighted by Gasteiger charge is 2.04. The van der Waals surface area contributed by atoms with E-state index in [1.807, 2.05) is 18.2 Å². The van der Waals surface area contributed by atoms with Gasteiger partial charge in [-0.2, -0.15) is 0 Å². The van der Waals surface area contributed by atoms with Crippen LogP contribution in [0.25, 0.3) is 0 Å². The van der Waals surface area contributed by atoms with Crippen molar-refractivity contribution >= 4 is 13.3 Å². The number of rotatable bonds is 8. The van der Waals surface area contributed by atoms with E-state index in [1.54, 1.807) is 0 Å². The number of hydrogen-bond donors (Lipinski definition) is 0. The van der Waals surface area contributed by atoms with Gasteiger partial charge in [-0.05, 0) is 25.0 Å². The van der Waals surface area contributed by atoms with Crippen molar-refractivity contribution in [1.82, 2.24) is 0 Å². The van der Waals surface area contributed by atoms with Gasteiger partial charge in [-0.15, -0.1) is 0 Å². The monoisotopic (exact) mass is 232 g/mol. The Morgan fingerprint density at radius 1 is 0.941 bits per heavy atom. The molecule has 0 aliphatic carbocycles. The summed E-state index contributed by atoms with van der Waals surface area (Å²) in [4.78, 5) is 0. The van der Waals surface area contributed by atoms with Crippen molar-refractivity contribution in [2.24, 2.45) is 0 Å². The molecule has 0 unspecified atom stereocenters. The highest BCUT2D eigenvalue weighted by molar-refractivity contribution is 6.32. The fourth-order valence-corrected chi connectivity index (χ4v) is 1.41. The number of unbranched alkanes of at least 4 members (excludes halogenated alkanes) is 2. The largest absolute Gasteiger partial charge is 0.490 e. The zero-order chi connectivity index (χ0) is 12.5. The van der Waals surface area contributed by atoms with E-state index in [-0.39, 0.29) is 0 Å². The maximum absolute atomic E-state index is 5.75. The summed E-state index contributed by atoms with van der Waals surface area (Å²) in [6.45, 7) is 5.72. The molecule has 0 saturated carbocycles. The van der Waals surface area contributed by atoms with E-state index in [1.165, 1.54) is 0 Å². The summed E-state index contributed by atoms with van der Waals surface area (Å²) in [5.41, 5.74) is 0.708. The van der Waals surface area contributed by atoms with Crippen LogP contribution < -0.4 is 14.9 Å². The van der Waals surface area contributed by atoms with Crippen molar-refractivity contribution in [2.45, 2.75) is 39.5 Å². The van der Waals surface area contributed by atoms with E-state index in [2.05, 4.69) is 13.8 Å². The molecule has 1 aromatic rings. The molecular formula is C14H21BO2. The smallest absolute Gasteiger partial charge is 0.161 e. The second-order valence-electron chi connectivity index (χ2n) is 4.11. The van der Waals surface area contributed by atoms with Crippen molar-refractivity contribution in [1.29, 1.82) is 0 Å². The van der Waals surface area contributed by atoms with E-state index in [9.17, 15) is 0 Å². The summed E-state index contributed by atoms with van der Waals surface area (Å²) in [6.07, 6.45) is 4.34. The summed E-state index contributed by atoms with van der Waals surface area (Å²) < 4.78 is 11.4. The predicted molar refractivity (Wildman–Crippen MR) is 72.6 cm³/mol. The molecule has 0 bridgehead atoms. The number of benzene rings is 1. The Balaban J connectivity index is 2.59. The Hall–Kier alpha value is -1.12. The molecule has 0 aliphatic rings. The summed E-state index contributed by atoms with van der Waals surface area (Å²) >= 11 is 0. The maximum Gasteiger partial charge on any atom is 0.161 e. The summed E-state index contributed by atoms with van der Waals surface area (Å²) in [7, 11) is 5.75. The molecule has 0 aromatic heterocycles. The zero-order valence-electron chi connectivity index (χ0n) is 10.9. The van der Waals surface area contributed by atoms with Crippen LogP contribution in [-0.4, -0.2) is 21.1 Å². The molecule has 0 spiro atoms. The Kier molecular flexibility index (Phi) is 6.60. The fraction of sp³-hybridized carbons (Fsp3) is 0.571. The van der Waals surface area contributed by atoms with E-state index < -0.39 is 0 Å². The van der Waals surface area contributed by atoms with E-state index in [0.29, 0.717) is 12.1 Å². The highest BCUT2D eigenvalue weighted by atomic mass is 16.5. The molecular weight excluding hydrogens is 211 g/mol. The number of hydrogen-bond acceptors (Lipinski definition) is 2. The van der Waals surface area contributed by atoms with Gasteiger partial charge in [0.05, 0.1) is 13.2 Å². The van der Waals surface area contributed by atoms with E-state index >= 15 is 0 Å². The van der Waals surface area contributed by atoms with E-state index in [4.69, 9.17) is 17.3 Å². The second kappa shape index (κ2) is 8.05. The van der Waals surface area contributed by atoms with Crippen LogP contribution in [0.15, 0.2) is 18.2 Å². The summed E-state index contributed by atoms with van der Waals surface area (Å²) in [6, 6.07) is 5.55. The molecule has 2 nitrogen and oxygen atoms in total. The first-order chi connectivity index (χ1) is 8.27. The van der Waals surface area contributed by atoms with Crippen LogP contribution in [0.2, 0.25) is 0 Å². The molecule has 0 N–H and O–H groups in total. The molecule has 0 heterocycles. The lowest BCUT2D eigenvalue weighted by molar-refractivity contribution is 0.262. The van der Waals surface area contributed by atoms with Crippen molar-refractivity contribution in [3.8, 4) is 11.5 Å². The van der Waals surface area contributed by atoms with Crippen LogP contribution in [0.1, 0.15) is 39.5 Å². The molecule has 0 aliphatic heterocycles. The van der Waals surface area contributed by atoms with Gasteiger partial charge < -0.3 is 9.47 Å². The molecule has 92 valence electrons. The van der Waals surface area contributed by atoms with Gasteiger partial charge in [-0.1, -0.05) is 38.2 Å². The molecule has 0 amide bonds.